The van der Waals surface area contributed by atoms with Gasteiger partial charge in [0.1, 0.15) is 18.0 Å². The van der Waals surface area contributed by atoms with Crippen molar-refractivity contribution in [3.05, 3.63) is 108 Å². The molecule has 2 amide bonds. The van der Waals surface area contributed by atoms with Crippen molar-refractivity contribution in [2.24, 2.45) is 0 Å². The predicted molar refractivity (Wildman–Crippen MR) is 169 cm³/mol. The van der Waals surface area contributed by atoms with Crippen LogP contribution in [0.25, 0.3) is 0 Å². The fourth-order valence-electron chi connectivity index (χ4n) is 4.34. The van der Waals surface area contributed by atoms with Crippen LogP contribution in [0.15, 0.2) is 102 Å². The SMILES string of the molecule is COc1ccc(S(=O)(=O)N(CC(=O)Nc2cccc(NC(=O)c3ccc(C(C)(C)C)cc3)c2)c2ccccc2OC)cc1. The third-order valence-corrected chi connectivity index (χ3v) is 8.48. The van der Waals surface area contributed by atoms with Gasteiger partial charge in [0.15, 0.2) is 0 Å². The highest BCUT2D eigenvalue weighted by Crippen LogP contribution is 2.33. The molecule has 10 heteroatoms. The van der Waals surface area contributed by atoms with Gasteiger partial charge in [-0.2, -0.15) is 0 Å². The van der Waals surface area contributed by atoms with Crippen LogP contribution in [0.5, 0.6) is 11.5 Å². The molecule has 0 aliphatic rings. The van der Waals surface area contributed by atoms with Gasteiger partial charge in [-0.1, -0.05) is 51.1 Å². The molecule has 2 N–H and O–H groups in total. The average molecular weight is 602 g/mol. The summed E-state index contributed by atoms with van der Waals surface area (Å²) in [5, 5.41) is 5.59. The van der Waals surface area contributed by atoms with E-state index in [1.54, 1.807) is 60.7 Å². The Morgan fingerprint density at radius 1 is 0.767 bits per heavy atom. The Hall–Kier alpha value is -4.83. The molecule has 224 valence electrons. The zero-order chi connectivity index (χ0) is 31.2. The minimum absolute atomic E-state index is 0.0211. The lowest BCUT2D eigenvalue weighted by Crippen LogP contribution is -2.38. The Bertz CT molecular complexity index is 1700. The number of rotatable bonds is 10. The number of nitrogens with zero attached hydrogens (tertiary/aromatic N) is 1. The van der Waals surface area contributed by atoms with E-state index in [1.165, 1.54) is 38.5 Å². The number of para-hydroxylation sites is 2. The number of carbonyl (C=O) groups is 2. The van der Waals surface area contributed by atoms with Gasteiger partial charge >= 0.3 is 0 Å². The van der Waals surface area contributed by atoms with Crippen LogP contribution in [0.1, 0.15) is 36.7 Å². The fourth-order valence-corrected chi connectivity index (χ4v) is 5.77. The Morgan fingerprint density at radius 2 is 1.40 bits per heavy atom. The molecule has 0 bridgehead atoms. The minimum atomic E-state index is -4.19. The number of ether oxygens (including phenoxy) is 2. The van der Waals surface area contributed by atoms with Crippen LogP contribution < -0.4 is 24.4 Å². The highest BCUT2D eigenvalue weighted by molar-refractivity contribution is 7.92. The van der Waals surface area contributed by atoms with E-state index in [0.717, 1.165) is 9.87 Å². The molecule has 0 heterocycles. The molecular weight excluding hydrogens is 566 g/mol. The number of anilines is 3. The lowest BCUT2D eigenvalue weighted by atomic mass is 9.87. The van der Waals surface area contributed by atoms with E-state index in [0.29, 0.717) is 22.7 Å². The zero-order valence-corrected chi connectivity index (χ0v) is 25.6. The van der Waals surface area contributed by atoms with E-state index in [1.807, 2.05) is 12.1 Å². The summed E-state index contributed by atoms with van der Waals surface area (Å²) in [6.07, 6.45) is 0. The standard InChI is InChI=1S/C33H35N3O6S/c1-33(2,3)24-15-13-23(14-16-24)32(38)35-26-10-8-9-25(21-26)34-31(37)22-36(29-11-6-7-12-30(29)42-5)43(39,40)28-19-17-27(41-4)18-20-28/h6-21H,22H2,1-5H3,(H,34,37)(H,35,38). The lowest BCUT2D eigenvalue weighted by molar-refractivity contribution is -0.114. The number of benzene rings is 4. The molecule has 4 aromatic carbocycles. The third kappa shape index (κ3) is 7.52. The van der Waals surface area contributed by atoms with Gasteiger partial charge < -0.3 is 20.1 Å². The molecule has 0 fully saturated rings. The number of hydrogen-bond acceptors (Lipinski definition) is 6. The van der Waals surface area contributed by atoms with Gasteiger partial charge in [-0.15, -0.1) is 0 Å². The topological polar surface area (TPSA) is 114 Å². The van der Waals surface area contributed by atoms with Crippen molar-refractivity contribution in [3.63, 3.8) is 0 Å². The minimum Gasteiger partial charge on any atom is -0.497 e. The van der Waals surface area contributed by atoms with E-state index >= 15 is 0 Å². The highest BCUT2D eigenvalue weighted by atomic mass is 32.2. The first-order chi connectivity index (χ1) is 20.4. The van der Waals surface area contributed by atoms with Crippen LogP contribution in [-0.4, -0.2) is 41.0 Å². The number of carbonyl (C=O) groups excluding carboxylic acids is 2. The molecule has 43 heavy (non-hydrogen) atoms. The van der Waals surface area contributed by atoms with Crippen LogP contribution >= 0.6 is 0 Å². The molecule has 0 unspecified atom stereocenters. The third-order valence-electron chi connectivity index (χ3n) is 6.71. The van der Waals surface area contributed by atoms with E-state index in [2.05, 4.69) is 31.4 Å². The second-order valence-electron chi connectivity index (χ2n) is 10.8. The zero-order valence-electron chi connectivity index (χ0n) is 24.7. The van der Waals surface area contributed by atoms with Gasteiger partial charge in [0.05, 0.1) is 24.8 Å². The van der Waals surface area contributed by atoms with Gasteiger partial charge in [0.25, 0.3) is 15.9 Å². The van der Waals surface area contributed by atoms with E-state index in [-0.39, 0.29) is 27.7 Å². The van der Waals surface area contributed by atoms with Crippen molar-refractivity contribution in [1.82, 2.24) is 0 Å². The molecule has 0 atom stereocenters. The molecule has 0 saturated heterocycles. The molecule has 4 aromatic rings. The van der Waals surface area contributed by atoms with E-state index in [9.17, 15) is 18.0 Å². The Balaban J connectivity index is 1.54. The molecule has 0 aliphatic heterocycles. The second-order valence-corrected chi connectivity index (χ2v) is 12.6. The lowest BCUT2D eigenvalue weighted by Gasteiger charge is -2.25. The number of sulfonamides is 1. The summed E-state index contributed by atoms with van der Waals surface area (Å²) >= 11 is 0. The fraction of sp³-hybridized carbons (Fsp3) is 0.212. The molecule has 9 nitrogen and oxygen atoms in total. The smallest absolute Gasteiger partial charge is 0.264 e. The summed E-state index contributed by atoms with van der Waals surface area (Å²) in [5.74, 6) is -0.108. The summed E-state index contributed by atoms with van der Waals surface area (Å²) in [6, 6.07) is 26.5. The van der Waals surface area contributed by atoms with Crippen molar-refractivity contribution < 1.29 is 27.5 Å². The van der Waals surface area contributed by atoms with Crippen molar-refractivity contribution in [1.29, 1.82) is 0 Å². The molecule has 0 spiro atoms. The van der Waals surface area contributed by atoms with Crippen molar-refractivity contribution in [2.75, 3.05) is 35.7 Å². The molecule has 0 radical (unpaired) electrons. The number of amides is 2. The normalized spacial score (nSPS) is 11.4. The molecule has 0 saturated carbocycles. The average Bonchev–Trinajstić information content (AvgIpc) is 2.99. The summed E-state index contributed by atoms with van der Waals surface area (Å²) in [4.78, 5) is 26.1. The number of nitrogens with one attached hydrogen (secondary N) is 2. The highest BCUT2D eigenvalue weighted by Gasteiger charge is 2.29. The maximum absolute atomic E-state index is 13.8. The quantitative estimate of drug-likeness (QED) is 0.228. The first-order valence-electron chi connectivity index (χ1n) is 13.5. The van der Waals surface area contributed by atoms with Gasteiger partial charge in [0, 0.05) is 16.9 Å². The number of methoxy groups -OCH3 is 2. The predicted octanol–water partition coefficient (Wildman–Crippen LogP) is 6.09. The Kier molecular flexibility index (Phi) is 9.40. The first kappa shape index (κ1) is 31.1. The number of hydrogen-bond donors (Lipinski definition) is 2. The van der Waals surface area contributed by atoms with Crippen LogP contribution in [-0.2, 0) is 20.2 Å². The van der Waals surface area contributed by atoms with Crippen molar-refractivity contribution in [3.8, 4) is 11.5 Å². The van der Waals surface area contributed by atoms with Crippen molar-refractivity contribution in [2.45, 2.75) is 31.1 Å². The maximum atomic E-state index is 13.8. The Labute approximate surface area is 252 Å². The van der Waals surface area contributed by atoms with Crippen molar-refractivity contribution >= 4 is 38.9 Å². The van der Waals surface area contributed by atoms with Gasteiger partial charge in [-0.3, -0.25) is 13.9 Å². The van der Waals surface area contributed by atoms with Crippen LogP contribution in [0.3, 0.4) is 0 Å². The summed E-state index contributed by atoms with van der Waals surface area (Å²) in [6.45, 7) is 5.77. The van der Waals surface area contributed by atoms with Crippen LogP contribution in [0.2, 0.25) is 0 Å². The first-order valence-corrected chi connectivity index (χ1v) is 15.0. The van der Waals surface area contributed by atoms with Gasteiger partial charge in [-0.25, -0.2) is 8.42 Å². The molecular formula is C33H35N3O6S. The van der Waals surface area contributed by atoms with Gasteiger partial charge in [0.2, 0.25) is 5.91 Å². The molecule has 0 aromatic heterocycles. The monoisotopic (exact) mass is 601 g/mol. The Morgan fingerprint density at radius 3 is 2.00 bits per heavy atom. The molecule has 0 aliphatic carbocycles. The van der Waals surface area contributed by atoms with Crippen LogP contribution in [0.4, 0.5) is 17.1 Å². The van der Waals surface area contributed by atoms with Gasteiger partial charge in [-0.05, 0) is 77.7 Å². The summed E-state index contributed by atoms with van der Waals surface area (Å²) in [7, 11) is -1.27. The van der Waals surface area contributed by atoms with Crippen LogP contribution in [0, 0.1) is 0 Å². The summed E-state index contributed by atoms with van der Waals surface area (Å²) < 4.78 is 39.1. The molecule has 4 rings (SSSR count). The summed E-state index contributed by atoms with van der Waals surface area (Å²) in [5.41, 5.74) is 2.64. The van der Waals surface area contributed by atoms with E-state index in [4.69, 9.17) is 9.47 Å². The van der Waals surface area contributed by atoms with E-state index < -0.39 is 22.5 Å². The second kappa shape index (κ2) is 13.0. The largest absolute Gasteiger partial charge is 0.497 e. The maximum Gasteiger partial charge on any atom is 0.264 e.